The molecule has 12 nitrogen and oxygen atoms in total. The molecule has 0 aromatic carbocycles. The highest BCUT2D eigenvalue weighted by molar-refractivity contribution is 5.74. The average molecular weight is 1110 g/mol. The lowest BCUT2D eigenvalue weighted by Crippen LogP contribution is -2.61. The summed E-state index contributed by atoms with van der Waals surface area (Å²) in [5.74, 6) is -3.16. The molecule has 0 saturated carbocycles. The fourth-order valence-electron chi connectivity index (χ4n) is 9.39. The van der Waals surface area contributed by atoms with Crippen molar-refractivity contribution in [2.24, 2.45) is 0 Å². The second kappa shape index (κ2) is 54.7. The van der Waals surface area contributed by atoms with Crippen LogP contribution >= 0.6 is 0 Å². The Balaban J connectivity index is 2.66. The first-order chi connectivity index (χ1) is 38.6. The van der Waals surface area contributed by atoms with E-state index in [2.05, 4.69) is 93.7 Å². The third kappa shape index (κ3) is 44.5. The molecule has 0 aromatic heterocycles. The van der Waals surface area contributed by atoms with E-state index in [1.54, 1.807) is 0 Å². The Labute approximate surface area is 480 Å². The minimum absolute atomic E-state index is 0.0414. The van der Waals surface area contributed by atoms with E-state index in [0.717, 1.165) is 109 Å². The number of carbonyl (C=O) groups is 4. The Hall–Kier alpha value is -3.84. The molecule has 1 saturated heterocycles. The molecule has 1 fully saturated rings. The van der Waals surface area contributed by atoms with E-state index in [4.69, 9.17) is 23.7 Å². The number of carboxylic acids is 1. The minimum atomic E-state index is -1.91. The summed E-state index contributed by atoms with van der Waals surface area (Å²) in [6.45, 7) is 5.85. The van der Waals surface area contributed by atoms with Crippen LogP contribution in [0.25, 0.3) is 0 Å². The fraction of sp³-hybridized carbons (Fsp3) is 0.761. The van der Waals surface area contributed by atoms with Gasteiger partial charge in [-0.1, -0.05) is 241 Å². The number of esters is 3. The van der Waals surface area contributed by atoms with Gasteiger partial charge in [0.1, 0.15) is 18.8 Å². The maximum absolute atomic E-state index is 13.1. The van der Waals surface area contributed by atoms with E-state index in [1.165, 1.54) is 109 Å². The Morgan fingerprint density at radius 2 is 0.797 bits per heavy atom. The molecule has 0 bridgehead atoms. The van der Waals surface area contributed by atoms with Gasteiger partial charge in [0, 0.05) is 19.3 Å². The normalized spacial score (nSPS) is 18.3. The molecule has 0 spiro atoms. The molecule has 6 unspecified atom stereocenters. The second-order valence-corrected chi connectivity index (χ2v) is 21.7. The van der Waals surface area contributed by atoms with Crippen molar-refractivity contribution in [2.75, 3.05) is 13.2 Å². The van der Waals surface area contributed by atoms with E-state index >= 15 is 0 Å². The van der Waals surface area contributed by atoms with Gasteiger partial charge < -0.3 is 39.0 Å². The van der Waals surface area contributed by atoms with Gasteiger partial charge in [0.2, 0.25) is 0 Å². The Bertz CT molecular complexity index is 1650. The van der Waals surface area contributed by atoms with E-state index < -0.39 is 67.3 Å². The summed E-state index contributed by atoms with van der Waals surface area (Å²) < 4.78 is 28.5. The summed E-state index contributed by atoms with van der Waals surface area (Å²) in [6.07, 6.45) is 57.2. The molecule has 3 N–H and O–H groups in total. The lowest BCUT2D eigenvalue weighted by Gasteiger charge is -2.40. The molecule has 0 amide bonds. The zero-order valence-electron chi connectivity index (χ0n) is 50.1. The molecule has 79 heavy (non-hydrogen) atoms. The molecule has 12 heteroatoms. The van der Waals surface area contributed by atoms with E-state index in [-0.39, 0.29) is 25.9 Å². The number of allylic oxidation sites excluding steroid dienone is 12. The molecule has 454 valence electrons. The van der Waals surface area contributed by atoms with Crippen LogP contribution in [0.5, 0.6) is 0 Å². The lowest BCUT2D eigenvalue weighted by atomic mass is 9.98. The summed E-state index contributed by atoms with van der Waals surface area (Å²) in [5.41, 5.74) is 0. The van der Waals surface area contributed by atoms with Crippen LogP contribution in [-0.4, -0.2) is 89.2 Å². The smallest absolute Gasteiger partial charge is 0.335 e. The van der Waals surface area contributed by atoms with Crippen LogP contribution in [-0.2, 0) is 42.9 Å². The number of aliphatic carboxylic acids is 1. The maximum atomic E-state index is 13.1. The molecule has 1 aliphatic rings. The minimum Gasteiger partial charge on any atom is -0.479 e. The topological polar surface area (TPSA) is 175 Å². The van der Waals surface area contributed by atoms with Gasteiger partial charge in [0.05, 0.1) is 6.61 Å². The maximum Gasteiger partial charge on any atom is 0.335 e. The largest absolute Gasteiger partial charge is 0.479 e. The van der Waals surface area contributed by atoms with Gasteiger partial charge in [-0.15, -0.1) is 0 Å². The van der Waals surface area contributed by atoms with Crippen molar-refractivity contribution >= 4 is 23.9 Å². The highest BCUT2D eigenvalue weighted by Gasteiger charge is 2.50. The number of rotatable bonds is 54. The molecule has 1 rings (SSSR count). The summed E-state index contributed by atoms with van der Waals surface area (Å²) in [4.78, 5) is 51.2. The van der Waals surface area contributed by atoms with Crippen LogP contribution < -0.4 is 0 Å². The zero-order valence-corrected chi connectivity index (χ0v) is 50.1. The number of hydrogen-bond acceptors (Lipinski definition) is 11. The van der Waals surface area contributed by atoms with Crippen molar-refractivity contribution in [2.45, 2.75) is 314 Å². The van der Waals surface area contributed by atoms with Crippen molar-refractivity contribution in [3.63, 3.8) is 0 Å². The number of unbranched alkanes of at least 4 members (excludes halogenated alkanes) is 28. The van der Waals surface area contributed by atoms with Crippen LogP contribution in [0.4, 0.5) is 0 Å². The fourth-order valence-corrected chi connectivity index (χ4v) is 9.39. The van der Waals surface area contributed by atoms with Crippen molar-refractivity contribution in [1.29, 1.82) is 0 Å². The number of hydrogen-bond donors (Lipinski definition) is 3. The third-order valence-electron chi connectivity index (χ3n) is 14.3. The van der Waals surface area contributed by atoms with Crippen LogP contribution in [0.2, 0.25) is 0 Å². The first-order valence-electron chi connectivity index (χ1n) is 31.9. The predicted octanol–water partition coefficient (Wildman–Crippen LogP) is 16.9. The molecule has 0 radical (unpaired) electrons. The van der Waals surface area contributed by atoms with Crippen molar-refractivity contribution in [1.82, 2.24) is 0 Å². The number of aliphatic hydroxyl groups is 2. The first-order valence-corrected chi connectivity index (χ1v) is 31.9. The summed E-state index contributed by atoms with van der Waals surface area (Å²) >= 11 is 0. The molecular formula is C67H114O12. The van der Waals surface area contributed by atoms with Gasteiger partial charge in [-0.2, -0.15) is 0 Å². The quantitative estimate of drug-likeness (QED) is 0.0228. The lowest BCUT2D eigenvalue weighted by molar-refractivity contribution is -0.301. The van der Waals surface area contributed by atoms with Gasteiger partial charge in [-0.25, -0.2) is 4.79 Å². The second-order valence-electron chi connectivity index (χ2n) is 21.7. The molecule has 0 aliphatic carbocycles. The van der Waals surface area contributed by atoms with Crippen molar-refractivity contribution < 1.29 is 58.2 Å². The van der Waals surface area contributed by atoms with Gasteiger partial charge in [0.15, 0.2) is 24.6 Å². The third-order valence-corrected chi connectivity index (χ3v) is 14.3. The van der Waals surface area contributed by atoms with E-state index in [9.17, 15) is 34.5 Å². The molecule has 0 aromatic rings. The van der Waals surface area contributed by atoms with Gasteiger partial charge >= 0.3 is 23.9 Å². The number of ether oxygens (including phenoxy) is 5. The van der Waals surface area contributed by atoms with Crippen molar-refractivity contribution in [3.8, 4) is 0 Å². The molecular weight excluding hydrogens is 997 g/mol. The Morgan fingerprint density at radius 3 is 1.25 bits per heavy atom. The van der Waals surface area contributed by atoms with Crippen LogP contribution in [0, 0.1) is 0 Å². The zero-order chi connectivity index (χ0) is 57.5. The summed E-state index contributed by atoms with van der Waals surface area (Å²) in [5, 5.41) is 31.6. The van der Waals surface area contributed by atoms with Crippen LogP contribution in [0.1, 0.15) is 278 Å². The highest BCUT2D eigenvalue weighted by Crippen LogP contribution is 2.27. The standard InChI is InChI=1S/C67H114O12/c1-4-7-10-13-16-19-22-25-27-29-30-32-34-37-40-43-46-49-52-55-61(70)78-65-63(72)62(71)64(66(73)74)79-67(65)76-57-58(77-60(69)54-51-48-45-42-39-35-24-21-18-15-12-9-6-3)56-75-59(68)53-50-47-44-41-38-36-33-31-28-26-23-20-17-14-11-8-5-2/h9,12,16,18-19,21,25,27,30,32,35,39,58,62-65,67,71-72H,4-8,10-11,13-15,17,20,22-24,26,28-29,31,33-34,36-38,40-57H2,1-3H3,(H,73,74)/b12-9-,19-16-,21-18-,27-25-,32-30-,39-35-. The number of carbonyl (C=O) groups excluding carboxylic acids is 3. The number of carboxylic acid groups (broad SMARTS) is 1. The van der Waals surface area contributed by atoms with Gasteiger partial charge in [0.25, 0.3) is 0 Å². The molecule has 6 atom stereocenters. The average Bonchev–Trinajstić information content (AvgIpc) is 3.43. The first kappa shape index (κ1) is 73.2. The Kier molecular flexibility index (Phi) is 50.7. The summed E-state index contributed by atoms with van der Waals surface area (Å²) in [7, 11) is 0. The monoisotopic (exact) mass is 1110 g/mol. The molecule has 1 aliphatic heterocycles. The van der Waals surface area contributed by atoms with E-state index in [1.807, 2.05) is 0 Å². The highest BCUT2D eigenvalue weighted by atomic mass is 16.7. The summed E-state index contributed by atoms with van der Waals surface area (Å²) in [6, 6.07) is 0. The Morgan fingerprint density at radius 1 is 0.430 bits per heavy atom. The van der Waals surface area contributed by atoms with Crippen LogP contribution in [0.15, 0.2) is 72.9 Å². The van der Waals surface area contributed by atoms with Crippen LogP contribution in [0.3, 0.4) is 0 Å². The SMILES string of the molecule is CC/C=C\C/C=C\C/C=C\CCCCCC(=O)OC(COC(=O)CCCCCCCCCCCCCCCCCCC)COC1OC(C(=O)O)C(O)C(O)C1OC(=O)CCCCCCCC/C=C\C/C=C\C/C=C\CCCCC. The van der Waals surface area contributed by atoms with Crippen molar-refractivity contribution in [3.05, 3.63) is 72.9 Å². The predicted molar refractivity (Wildman–Crippen MR) is 322 cm³/mol. The van der Waals surface area contributed by atoms with Gasteiger partial charge in [-0.3, -0.25) is 14.4 Å². The number of aliphatic hydroxyl groups excluding tert-OH is 2. The van der Waals surface area contributed by atoms with Gasteiger partial charge in [-0.05, 0) is 89.9 Å². The molecule has 1 heterocycles. The van der Waals surface area contributed by atoms with E-state index in [0.29, 0.717) is 19.3 Å².